The molecular weight excluding hydrogens is 825 g/mol. The molecule has 2 aromatic carbocycles. The number of hydrogen-bond acceptors (Lipinski definition) is 6. The Bertz CT molecular complexity index is 1540. The Morgan fingerprint density at radius 2 is 0.800 bits per heavy atom. The highest BCUT2D eigenvalue weighted by atomic mass is 28.4. The topological polar surface area (TPSA) is 183 Å². The minimum atomic E-state index is -1.72. The van der Waals surface area contributed by atoms with Crippen molar-refractivity contribution >= 4 is 80.1 Å². The number of hydrogen-bond donors (Lipinski definition) is 8. The van der Waals surface area contributed by atoms with Crippen molar-refractivity contribution in [3.63, 3.8) is 0 Å². The van der Waals surface area contributed by atoms with Crippen molar-refractivity contribution in [2.75, 3.05) is 48.5 Å². The van der Waals surface area contributed by atoms with Crippen LogP contribution in [0.3, 0.4) is 0 Å². The van der Waals surface area contributed by atoms with Gasteiger partial charge in [-0.15, -0.1) is 0 Å². The van der Waals surface area contributed by atoms with Gasteiger partial charge in [0.15, 0.2) is 33.3 Å². The lowest BCUT2D eigenvalue weighted by atomic mass is 10.2. The molecule has 8 amide bonds. The van der Waals surface area contributed by atoms with Gasteiger partial charge < -0.3 is 50.8 Å². The minimum Gasteiger partial charge on any atom is -0.455 e. The molecular formula is C42H80N8O6Si4. The quantitative estimate of drug-likeness (QED) is 0.0430. The van der Waals surface area contributed by atoms with E-state index >= 15 is 0 Å². The molecule has 0 unspecified atom stereocenters. The molecule has 0 aliphatic heterocycles. The Balaban J connectivity index is 0.000000600. The van der Waals surface area contributed by atoms with Crippen molar-refractivity contribution in [3.05, 3.63) is 47.5 Å². The lowest BCUT2D eigenvalue weighted by Gasteiger charge is -2.34. The summed E-state index contributed by atoms with van der Waals surface area (Å²) >= 11 is 0. The van der Waals surface area contributed by atoms with Crippen LogP contribution in [0.25, 0.3) is 0 Å². The summed E-state index contributed by atoms with van der Waals surface area (Å²) in [5.41, 5.74) is 4.42. The maximum atomic E-state index is 12.2. The number of benzene rings is 2. The second kappa shape index (κ2) is 26.6. The molecule has 0 radical (unpaired) electrons. The summed E-state index contributed by atoms with van der Waals surface area (Å²) in [5.74, 6) is 0. The fraction of sp³-hybridized carbons (Fsp3) is 0.619. The normalized spacial score (nSPS) is 11.7. The van der Waals surface area contributed by atoms with Gasteiger partial charge in [0, 0.05) is 49.9 Å². The third kappa shape index (κ3) is 23.9. The fourth-order valence-corrected chi connectivity index (χ4v) is 24.8. The summed E-state index contributed by atoms with van der Waals surface area (Å²) in [4.78, 5) is 47.5. The standard InChI is InChI=1S/2C21H40N4O3Si2/c2*1-8-9-14-29(4,5)28-30(6,7)15-10-13-23-21(27)24-18-12-11-17(2)19(16-18)25-20(26)22-3/h2*11-12,16H,8-10,13-15H2,1-7H3,(H2,22,25,26)(H2,23,24,27). The van der Waals surface area contributed by atoms with Gasteiger partial charge in [-0.3, -0.25) is 0 Å². The SMILES string of the molecule is CCCC[Si](C)(C)O[Si](C)(C)CCCNC(=O)Nc1ccc(C)c(NC(=O)NC)c1.CCCC[Si](C)(C)O[Si](C)(C)CCCNC(=O)Nc1ccc(C)c(NC(=O)NC)c1. The number of aryl methyl sites for hydroxylation is 2. The van der Waals surface area contributed by atoms with E-state index in [0.29, 0.717) is 35.8 Å². The van der Waals surface area contributed by atoms with E-state index < -0.39 is 33.3 Å². The van der Waals surface area contributed by atoms with Gasteiger partial charge in [0.25, 0.3) is 0 Å². The van der Waals surface area contributed by atoms with Crippen LogP contribution in [-0.4, -0.2) is 84.6 Å². The van der Waals surface area contributed by atoms with Gasteiger partial charge in [-0.25, -0.2) is 19.2 Å². The first kappa shape index (κ1) is 54.3. The number of unbranched alkanes of at least 4 members (excludes halogenated alkanes) is 2. The molecule has 8 N–H and O–H groups in total. The zero-order valence-electron chi connectivity index (χ0n) is 39.4. The van der Waals surface area contributed by atoms with E-state index in [4.69, 9.17) is 8.23 Å². The highest BCUT2D eigenvalue weighted by Gasteiger charge is 2.33. The minimum absolute atomic E-state index is 0.247. The van der Waals surface area contributed by atoms with E-state index in [1.54, 1.807) is 26.2 Å². The number of carbonyl (C=O) groups is 4. The van der Waals surface area contributed by atoms with Crippen LogP contribution in [-0.2, 0) is 8.23 Å². The van der Waals surface area contributed by atoms with Crippen molar-refractivity contribution in [1.82, 2.24) is 21.3 Å². The zero-order chi connectivity index (χ0) is 45.6. The average molecular weight is 905 g/mol. The van der Waals surface area contributed by atoms with Gasteiger partial charge in [-0.2, -0.15) is 0 Å². The second-order valence-electron chi connectivity index (χ2n) is 17.9. The predicted octanol–water partition coefficient (Wildman–Crippen LogP) is 11.0. The van der Waals surface area contributed by atoms with Gasteiger partial charge in [-0.1, -0.05) is 51.7 Å². The Hall–Kier alpha value is -3.69. The number of nitrogens with one attached hydrogen (secondary N) is 8. The fourth-order valence-electron chi connectivity index (χ4n) is 6.73. The van der Waals surface area contributed by atoms with Crippen molar-refractivity contribution in [2.45, 2.75) is 143 Å². The highest BCUT2D eigenvalue weighted by molar-refractivity contribution is 6.85. The smallest absolute Gasteiger partial charge is 0.319 e. The predicted molar refractivity (Wildman–Crippen MR) is 263 cm³/mol. The van der Waals surface area contributed by atoms with Crippen LogP contribution in [0.4, 0.5) is 41.9 Å². The van der Waals surface area contributed by atoms with Crippen LogP contribution in [0.2, 0.25) is 76.6 Å². The summed E-state index contributed by atoms with van der Waals surface area (Å²) in [6.45, 7) is 27.8. The summed E-state index contributed by atoms with van der Waals surface area (Å²) in [5, 5.41) is 22.0. The maximum Gasteiger partial charge on any atom is 0.319 e. The van der Waals surface area contributed by atoms with Crippen molar-refractivity contribution < 1.29 is 27.4 Å². The van der Waals surface area contributed by atoms with Crippen LogP contribution in [0, 0.1) is 13.8 Å². The van der Waals surface area contributed by atoms with E-state index in [0.717, 1.165) is 36.1 Å². The molecule has 60 heavy (non-hydrogen) atoms. The molecule has 14 nitrogen and oxygen atoms in total. The van der Waals surface area contributed by atoms with E-state index in [1.165, 1.54) is 37.8 Å². The van der Waals surface area contributed by atoms with Crippen molar-refractivity contribution in [1.29, 1.82) is 0 Å². The molecule has 0 aliphatic rings. The summed E-state index contributed by atoms with van der Waals surface area (Å²) in [6.07, 6.45) is 6.72. The molecule has 340 valence electrons. The number of amides is 8. The second-order valence-corrected chi connectivity index (χ2v) is 35.6. The van der Waals surface area contributed by atoms with Gasteiger partial charge in [-0.05, 0) is 139 Å². The van der Waals surface area contributed by atoms with Gasteiger partial charge in [0.2, 0.25) is 0 Å². The Morgan fingerprint density at radius 1 is 0.483 bits per heavy atom. The number of anilines is 4. The van der Waals surface area contributed by atoms with Crippen molar-refractivity contribution in [3.8, 4) is 0 Å². The molecule has 0 saturated carbocycles. The van der Waals surface area contributed by atoms with Crippen molar-refractivity contribution in [2.24, 2.45) is 0 Å². The summed E-state index contributed by atoms with van der Waals surface area (Å²) in [7, 11) is -3.51. The third-order valence-corrected chi connectivity index (χ3v) is 24.9. The molecule has 0 spiro atoms. The molecule has 0 bridgehead atoms. The Labute approximate surface area is 366 Å². The van der Waals surface area contributed by atoms with Gasteiger partial charge >= 0.3 is 24.1 Å². The van der Waals surface area contributed by atoms with Crippen LogP contribution in [0.1, 0.15) is 63.5 Å². The molecule has 0 aromatic heterocycles. The first-order chi connectivity index (χ1) is 28.0. The van der Waals surface area contributed by atoms with Crippen LogP contribution in [0.15, 0.2) is 36.4 Å². The van der Waals surface area contributed by atoms with E-state index in [-0.39, 0.29) is 24.1 Å². The number of carbonyl (C=O) groups excluding carboxylic acids is 4. The molecule has 0 atom stereocenters. The number of urea groups is 4. The third-order valence-electron chi connectivity index (χ3n) is 9.79. The lowest BCUT2D eigenvalue weighted by molar-refractivity contribution is 0.251. The van der Waals surface area contributed by atoms with Gasteiger partial charge in [0.05, 0.1) is 0 Å². The maximum absolute atomic E-state index is 12.2. The molecule has 0 heterocycles. The van der Waals surface area contributed by atoms with Gasteiger partial charge in [0.1, 0.15) is 0 Å². The Morgan fingerprint density at radius 3 is 1.10 bits per heavy atom. The van der Waals surface area contributed by atoms with Crippen LogP contribution in [0.5, 0.6) is 0 Å². The van der Waals surface area contributed by atoms with E-state index in [9.17, 15) is 19.2 Å². The molecule has 2 aromatic rings. The molecule has 18 heteroatoms. The largest absolute Gasteiger partial charge is 0.455 e. The first-order valence-corrected chi connectivity index (χ1v) is 34.1. The van der Waals surface area contributed by atoms with E-state index in [1.807, 2.05) is 38.1 Å². The molecule has 0 aliphatic carbocycles. The summed E-state index contributed by atoms with van der Waals surface area (Å²) in [6, 6.07) is 14.2. The lowest BCUT2D eigenvalue weighted by Crippen LogP contribution is -2.44. The van der Waals surface area contributed by atoms with Crippen LogP contribution < -0.4 is 42.5 Å². The monoisotopic (exact) mass is 905 g/mol. The molecule has 0 saturated heterocycles. The molecule has 2 rings (SSSR count). The highest BCUT2D eigenvalue weighted by Crippen LogP contribution is 2.26. The Kier molecular flexibility index (Phi) is 24.1. The van der Waals surface area contributed by atoms with E-state index in [2.05, 4.69) is 109 Å². The zero-order valence-corrected chi connectivity index (χ0v) is 43.4. The van der Waals surface area contributed by atoms with Crippen LogP contribution >= 0.6 is 0 Å². The number of rotatable bonds is 22. The molecule has 0 fully saturated rings. The summed E-state index contributed by atoms with van der Waals surface area (Å²) < 4.78 is 13.2. The average Bonchev–Trinajstić information content (AvgIpc) is 3.15. The first-order valence-electron chi connectivity index (χ1n) is 21.6.